The highest BCUT2D eigenvalue weighted by Crippen LogP contribution is 2.30. The predicted octanol–water partition coefficient (Wildman–Crippen LogP) is 3.12. The first kappa shape index (κ1) is 11.2. The van der Waals surface area contributed by atoms with Crippen LogP contribution < -0.4 is 5.73 Å². The Kier molecular flexibility index (Phi) is 2.99. The van der Waals surface area contributed by atoms with E-state index >= 15 is 0 Å². The van der Waals surface area contributed by atoms with Gasteiger partial charge in [0.05, 0.1) is 6.04 Å². The van der Waals surface area contributed by atoms with Gasteiger partial charge in [0.2, 0.25) is 0 Å². The molecule has 0 saturated carbocycles. The third-order valence-electron chi connectivity index (χ3n) is 2.74. The summed E-state index contributed by atoms with van der Waals surface area (Å²) in [6.07, 6.45) is 0. The summed E-state index contributed by atoms with van der Waals surface area (Å²) in [5, 5.41) is 11.5. The summed E-state index contributed by atoms with van der Waals surface area (Å²) in [6.45, 7) is 3.96. The Morgan fingerprint density at radius 2 is 1.88 bits per heavy atom. The first-order valence-electron chi connectivity index (χ1n) is 5.18. The fourth-order valence-electron chi connectivity index (χ4n) is 2.05. The third kappa shape index (κ3) is 1.96. The Labute approximate surface area is 99.4 Å². The molecule has 84 valence electrons. The van der Waals surface area contributed by atoms with Crippen molar-refractivity contribution in [1.29, 1.82) is 0 Å². The monoisotopic (exact) mass is 233 g/mol. The summed E-state index contributed by atoms with van der Waals surface area (Å²) >= 11 is 1.66. The number of rotatable bonds is 2. The normalized spacial score (nSPS) is 12.7. The van der Waals surface area contributed by atoms with E-state index in [4.69, 9.17) is 5.73 Å². The van der Waals surface area contributed by atoms with Crippen molar-refractivity contribution in [3.05, 3.63) is 51.2 Å². The molecule has 0 aliphatic heterocycles. The third-order valence-corrected chi connectivity index (χ3v) is 3.69. The molecule has 0 bridgehead atoms. The maximum absolute atomic E-state index is 9.49. The molecule has 0 radical (unpaired) electrons. The Balaban J connectivity index is 2.48. The predicted molar refractivity (Wildman–Crippen MR) is 67.9 cm³/mol. The molecule has 0 unspecified atom stereocenters. The van der Waals surface area contributed by atoms with E-state index in [9.17, 15) is 5.11 Å². The number of thiophene rings is 1. The molecular formula is C13H15NOS. The number of phenols is 1. The maximum Gasteiger partial charge on any atom is 0.116 e. The van der Waals surface area contributed by atoms with Crippen molar-refractivity contribution in [2.45, 2.75) is 19.9 Å². The molecule has 1 heterocycles. The van der Waals surface area contributed by atoms with Crippen LogP contribution in [0.5, 0.6) is 5.75 Å². The van der Waals surface area contributed by atoms with Gasteiger partial charge in [-0.3, -0.25) is 0 Å². The second kappa shape index (κ2) is 4.28. The van der Waals surface area contributed by atoms with Gasteiger partial charge in [-0.1, -0.05) is 6.07 Å². The Morgan fingerprint density at radius 1 is 1.25 bits per heavy atom. The molecule has 0 saturated heterocycles. The Morgan fingerprint density at radius 3 is 2.38 bits per heavy atom. The van der Waals surface area contributed by atoms with E-state index in [-0.39, 0.29) is 6.04 Å². The standard InChI is InChI=1S/C13H15NOS/c1-8-6-10(15)7-9(2)12(8)13(14)11-4-3-5-16-11/h3-7,13,15H,14H2,1-2H3/t13-/m0/s1. The molecule has 0 aliphatic carbocycles. The lowest BCUT2D eigenvalue weighted by molar-refractivity contribution is 0.474. The van der Waals surface area contributed by atoms with Crippen LogP contribution in [0.25, 0.3) is 0 Å². The number of hydrogen-bond donors (Lipinski definition) is 2. The van der Waals surface area contributed by atoms with Crippen molar-refractivity contribution < 1.29 is 5.11 Å². The van der Waals surface area contributed by atoms with Crippen molar-refractivity contribution in [3.8, 4) is 5.75 Å². The summed E-state index contributed by atoms with van der Waals surface area (Å²) in [5.41, 5.74) is 9.43. The van der Waals surface area contributed by atoms with Crippen LogP contribution in [0.1, 0.15) is 27.6 Å². The molecule has 3 N–H and O–H groups in total. The van der Waals surface area contributed by atoms with Gasteiger partial charge in [-0.15, -0.1) is 11.3 Å². The maximum atomic E-state index is 9.49. The van der Waals surface area contributed by atoms with E-state index < -0.39 is 0 Å². The largest absolute Gasteiger partial charge is 0.508 e. The molecule has 0 fully saturated rings. The summed E-state index contributed by atoms with van der Waals surface area (Å²) in [5.74, 6) is 0.303. The lowest BCUT2D eigenvalue weighted by Gasteiger charge is -2.16. The minimum Gasteiger partial charge on any atom is -0.508 e. The first-order valence-corrected chi connectivity index (χ1v) is 6.06. The van der Waals surface area contributed by atoms with Gasteiger partial charge in [-0.05, 0) is 54.1 Å². The Hall–Kier alpha value is -1.32. The summed E-state index contributed by atoms with van der Waals surface area (Å²) in [4.78, 5) is 1.15. The number of phenolic OH excluding ortho intramolecular Hbond substituents is 1. The van der Waals surface area contributed by atoms with Gasteiger partial charge >= 0.3 is 0 Å². The zero-order chi connectivity index (χ0) is 11.7. The number of benzene rings is 1. The summed E-state index contributed by atoms with van der Waals surface area (Å²) in [6, 6.07) is 7.47. The second-order valence-electron chi connectivity index (χ2n) is 3.99. The van der Waals surface area contributed by atoms with Crippen LogP contribution >= 0.6 is 11.3 Å². The second-order valence-corrected chi connectivity index (χ2v) is 4.97. The van der Waals surface area contributed by atoms with Gasteiger partial charge in [0.1, 0.15) is 5.75 Å². The van der Waals surface area contributed by atoms with Crippen LogP contribution in [0.15, 0.2) is 29.6 Å². The SMILES string of the molecule is Cc1cc(O)cc(C)c1[C@@H](N)c1cccs1. The van der Waals surface area contributed by atoms with E-state index in [1.54, 1.807) is 23.5 Å². The van der Waals surface area contributed by atoms with Crippen LogP contribution in [0, 0.1) is 13.8 Å². The van der Waals surface area contributed by atoms with Gasteiger partial charge in [-0.2, -0.15) is 0 Å². The molecule has 1 atom stereocenters. The first-order chi connectivity index (χ1) is 7.59. The highest BCUT2D eigenvalue weighted by molar-refractivity contribution is 7.10. The minimum atomic E-state index is -0.0967. The average Bonchev–Trinajstić information content (AvgIpc) is 2.67. The molecule has 3 heteroatoms. The highest BCUT2D eigenvalue weighted by atomic mass is 32.1. The lowest BCUT2D eigenvalue weighted by atomic mass is 9.95. The molecule has 16 heavy (non-hydrogen) atoms. The fourth-order valence-corrected chi connectivity index (χ4v) is 2.79. The zero-order valence-electron chi connectivity index (χ0n) is 9.40. The van der Waals surface area contributed by atoms with E-state index in [2.05, 4.69) is 0 Å². The summed E-state index contributed by atoms with van der Waals surface area (Å²) < 4.78 is 0. The van der Waals surface area contributed by atoms with Crippen molar-refractivity contribution in [2.24, 2.45) is 5.73 Å². The van der Waals surface area contributed by atoms with Gasteiger partial charge in [0, 0.05) is 4.88 Å². The van der Waals surface area contributed by atoms with Gasteiger partial charge in [-0.25, -0.2) is 0 Å². The van der Waals surface area contributed by atoms with Crippen molar-refractivity contribution >= 4 is 11.3 Å². The minimum absolute atomic E-state index is 0.0967. The molecule has 2 nitrogen and oxygen atoms in total. The van der Waals surface area contributed by atoms with E-state index in [0.29, 0.717) is 5.75 Å². The van der Waals surface area contributed by atoms with Crippen LogP contribution in [0.2, 0.25) is 0 Å². The van der Waals surface area contributed by atoms with E-state index in [1.165, 1.54) is 0 Å². The van der Waals surface area contributed by atoms with Gasteiger partial charge in [0.25, 0.3) is 0 Å². The molecule has 1 aromatic carbocycles. The van der Waals surface area contributed by atoms with Crippen LogP contribution in [-0.4, -0.2) is 5.11 Å². The van der Waals surface area contributed by atoms with Crippen molar-refractivity contribution in [2.75, 3.05) is 0 Å². The van der Waals surface area contributed by atoms with Crippen molar-refractivity contribution in [3.63, 3.8) is 0 Å². The van der Waals surface area contributed by atoms with E-state index in [1.807, 2.05) is 31.4 Å². The van der Waals surface area contributed by atoms with Crippen LogP contribution in [-0.2, 0) is 0 Å². The molecule has 0 spiro atoms. The van der Waals surface area contributed by atoms with Gasteiger partial charge < -0.3 is 10.8 Å². The van der Waals surface area contributed by atoms with Crippen LogP contribution in [0.3, 0.4) is 0 Å². The fraction of sp³-hybridized carbons (Fsp3) is 0.231. The van der Waals surface area contributed by atoms with Gasteiger partial charge in [0.15, 0.2) is 0 Å². The topological polar surface area (TPSA) is 46.2 Å². The molecule has 2 aromatic rings. The lowest BCUT2D eigenvalue weighted by Crippen LogP contribution is -2.13. The molecular weight excluding hydrogens is 218 g/mol. The van der Waals surface area contributed by atoms with E-state index in [0.717, 1.165) is 21.6 Å². The zero-order valence-corrected chi connectivity index (χ0v) is 10.2. The Bertz CT molecular complexity index is 468. The van der Waals surface area contributed by atoms with Crippen molar-refractivity contribution in [1.82, 2.24) is 0 Å². The number of hydrogen-bond acceptors (Lipinski definition) is 3. The quantitative estimate of drug-likeness (QED) is 0.837. The smallest absolute Gasteiger partial charge is 0.116 e. The molecule has 1 aromatic heterocycles. The number of nitrogens with two attached hydrogens (primary N) is 1. The average molecular weight is 233 g/mol. The number of aryl methyl sites for hydroxylation is 2. The number of aromatic hydroxyl groups is 1. The van der Waals surface area contributed by atoms with Crippen LogP contribution in [0.4, 0.5) is 0 Å². The highest BCUT2D eigenvalue weighted by Gasteiger charge is 2.15. The molecule has 0 amide bonds. The molecule has 2 rings (SSSR count). The molecule has 0 aliphatic rings. The summed E-state index contributed by atoms with van der Waals surface area (Å²) in [7, 11) is 0.